The van der Waals surface area contributed by atoms with E-state index in [1.54, 1.807) is 0 Å². The topological polar surface area (TPSA) is 43.6 Å². The second kappa shape index (κ2) is 14.4. The summed E-state index contributed by atoms with van der Waals surface area (Å²) >= 11 is 0. The largest absolute Gasteiger partial charge is 0.309 e. The maximum atomic E-state index is 5.04. The fourth-order valence-corrected chi connectivity index (χ4v) is 9.59. The quantitative estimate of drug-likeness (QED) is 0.155. The number of hydrogen-bond donors (Lipinski definition) is 0. The third-order valence-electron chi connectivity index (χ3n) is 12.2. The SMILES string of the molecule is CC(C)Cc1ccc2c(c1)c1ccccc1n2-c1ccc(C2(c3ccc(-c4nc(-c5ccccc5)nc(-c5ccccc5)n4)cc3)c3ccccc3-c3ccccc32)cc1. The Morgan fingerprint density at radius 3 is 1.47 bits per heavy atom. The predicted molar refractivity (Wildman–Crippen MR) is 246 cm³/mol. The molecule has 0 aliphatic heterocycles. The highest BCUT2D eigenvalue weighted by Crippen LogP contribution is 2.56. The molecule has 8 aromatic carbocycles. The molecule has 0 radical (unpaired) electrons. The molecule has 2 aromatic heterocycles. The smallest absolute Gasteiger partial charge is 0.164 e. The molecule has 0 N–H and O–H groups in total. The molecule has 10 aromatic rings. The van der Waals surface area contributed by atoms with E-state index in [-0.39, 0.29) is 0 Å². The van der Waals surface area contributed by atoms with Gasteiger partial charge in [-0.05, 0) is 81.6 Å². The number of benzene rings is 8. The lowest BCUT2D eigenvalue weighted by molar-refractivity contribution is 0.648. The number of para-hydroxylation sites is 1. The Bertz CT molecular complexity index is 3080. The van der Waals surface area contributed by atoms with E-state index in [1.165, 1.54) is 60.8 Å². The van der Waals surface area contributed by atoms with Crippen molar-refractivity contribution in [1.29, 1.82) is 0 Å². The molecule has 4 nitrogen and oxygen atoms in total. The first-order chi connectivity index (χ1) is 29.6. The Labute approximate surface area is 350 Å². The van der Waals surface area contributed by atoms with Crippen molar-refractivity contribution in [2.24, 2.45) is 5.92 Å². The molecule has 4 heteroatoms. The minimum absolute atomic E-state index is 0.555. The molecule has 0 amide bonds. The molecule has 286 valence electrons. The fourth-order valence-electron chi connectivity index (χ4n) is 9.59. The summed E-state index contributed by atoms with van der Waals surface area (Å²) in [7, 11) is 0. The Kier molecular flexibility index (Phi) is 8.59. The molecule has 0 unspecified atom stereocenters. The number of rotatable bonds is 8. The van der Waals surface area contributed by atoms with Crippen molar-refractivity contribution in [2.75, 3.05) is 0 Å². The van der Waals surface area contributed by atoms with Crippen LogP contribution in [0.1, 0.15) is 41.7 Å². The van der Waals surface area contributed by atoms with Crippen molar-refractivity contribution in [3.05, 3.63) is 228 Å². The molecule has 0 saturated carbocycles. The van der Waals surface area contributed by atoms with Crippen molar-refractivity contribution in [1.82, 2.24) is 19.5 Å². The van der Waals surface area contributed by atoms with Gasteiger partial charge in [0.2, 0.25) is 0 Å². The summed E-state index contributed by atoms with van der Waals surface area (Å²) in [4.78, 5) is 15.0. The van der Waals surface area contributed by atoms with Crippen LogP contribution < -0.4 is 0 Å². The van der Waals surface area contributed by atoms with Gasteiger partial charge in [-0.1, -0.05) is 184 Å². The lowest BCUT2D eigenvalue weighted by atomic mass is 9.67. The summed E-state index contributed by atoms with van der Waals surface area (Å²) in [5.74, 6) is 2.54. The number of fused-ring (bicyclic) bond motifs is 6. The van der Waals surface area contributed by atoms with Crippen LogP contribution >= 0.6 is 0 Å². The summed E-state index contributed by atoms with van der Waals surface area (Å²) < 4.78 is 2.42. The molecule has 0 bridgehead atoms. The Balaban J connectivity index is 1.07. The van der Waals surface area contributed by atoms with Crippen LogP contribution in [-0.4, -0.2) is 19.5 Å². The van der Waals surface area contributed by atoms with Crippen molar-refractivity contribution >= 4 is 21.8 Å². The highest BCUT2D eigenvalue weighted by atomic mass is 15.0. The van der Waals surface area contributed by atoms with Crippen LogP contribution in [0.5, 0.6) is 0 Å². The first-order valence-electron chi connectivity index (χ1n) is 20.9. The molecule has 60 heavy (non-hydrogen) atoms. The fraction of sp³-hybridized carbons (Fsp3) is 0.0893. The summed E-state index contributed by atoms with van der Waals surface area (Å²) in [5.41, 5.74) is 14.7. The van der Waals surface area contributed by atoms with Crippen LogP contribution in [0.4, 0.5) is 0 Å². The first kappa shape index (κ1) is 35.7. The normalized spacial score (nSPS) is 12.8. The monoisotopic (exact) mass is 770 g/mol. The Morgan fingerprint density at radius 2 is 0.900 bits per heavy atom. The summed E-state index contributed by atoms with van der Waals surface area (Å²) in [6, 6.07) is 72.2. The van der Waals surface area contributed by atoms with Crippen LogP contribution in [-0.2, 0) is 11.8 Å². The number of nitrogens with zero attached hydrogens (tertiary/aromatic N) is 4. The molecule has 0 atom stereocenters. The molecule has 11 rings (SSSR count). The van der Waals surface area contributed by atoms with Gasteiger partial charge in [0.15, 0.2) is 17.5 Å². The predicted octanol–water partition coefficient (Wildman–Crippen LogP) is 13.5. The van der Waals surface area contributed by atoms with Crippen molar-refractivity contribution < 1.29 is 0 Å². The maximum absolute atomic E-state index is 5.04. The minimum Gasteiger partial charge on any atom is -0.309 e. The van der Waals surface area contributed by atoms with E-state index < -0.39 is 5.41 Å². The second-order valence-electron chi connectivity index (χ2n) is 16.3. The third-order valence-corrected chi connectivity index (χ3v) is 12.2. The average molecular weight is 771 g/mol. The van der Waals surface area contributed by atoms with Crippen molar-refractivity contribution in [3.8, 4) is 51.0 Å². The van der Waals surface area contributed by atoms with E-state index >= 15 is 0 Å². The van der Waals surface area contributed by atoms with E-state index in [1.807, 2.05) is 60.7 Å². The van der Waals surface area contributed by atoms with E-state index in [0.717, 1.165) is 28.8 Å². The molecule has 0 saturated heterocycles. The molecule has 1 aliphatic carbocycles. The van der Waals surface area contributed by atoms with Crippen LogP contribution in [0.2, 0.25) is 0 Å². The highest BCUT2D eigenvalue weighted by molar-refractivity contribution is 6.09. The zero-order chi connectivity index (χ0) is 40.2. The molecule has 1 aliphatic rings. The maximum Gasteiger partial charge on any atom is 0.164 e. The van der Waals surface area contributed by atoms with Gasteiger partial charge in [-0.2, -0.15) is 0 Å². The first-order valence-corrected chi connectivity index (χ1v) is 20.9. The zero-order valence-electron chi connectivity index (χ0n) is 33.6. The van der Waals surface area contributed by atoms with Gasteiger partial charge in [-0.25, -0.2) is 15.0 Å². The third kappa shape index (κ3) is 5.78. The van der Waals surface area contributed by atoms with Crippen LogP contribution in [0.15, 0.2) is 200 Å². The van der Waals surface area contributed by atoms with E-state index in [4.69, 9.17) is 15.0 Å². The van der Waals surface area contributed by atoms with Gasteiger partial charge in [0.25, 0.3) is 0 Å². The van der Waals surface area contributed by atoms with Crippen molar-refractivity contribution in [2.45, 2.75) is 25.7 Å². The van der Waals surface area contributed by atoms with E-state index in [0.29, 0.717) is 23.4 Å². The van der Waals surface area contributed by atoms with Gasteiger partial charge in [0.05, 0.1) is 16.4 Å². The van der Waals surface area contributed by atoms with Gasteiger partial charge in [-0.3, -0.25) is 0 Å². The standard InChI is InChI=1S/C56H42N4/c1-37(2)35-38-25-34-52-48(36-38)47-21-11-14-24-51(47)60(52)44-32-30-43(31-33-44)56(49-22-12-9-19-45(49)46-20-10-13-23-50(46)56)42-28-26-41(27-29-42)55-58-53(39-15-5-3-6-16-39)57-54(59-55)40-17-7-4-8-18-40/h3-34,36-37H,35H2,1-2H3. The molecule has 2 heterocycles. The van der Waals surface area contributed by atoms with Crippen molar-refractivity contribution in [3.63, 3.8) is 0 Å². The Hall–Kier alpha value is -7.43. The van der Waals surface area contributed by atoms with E-state index in [2.05, 4.69) is 158 Å². The highest BCUT2D eigenvalue weighted by Gasteiger charge is 2.46. The average Bonchev–Trinajstić information content (AvgIpc) is 3.80. The minimum atomic E-state index is -0.555. The molecule has 0 spiro atoms. The second-order valence-corrected chi connectivity index (χ2v) is 16.3. The lowest BCUT2D eigenvalue weighted by Gasteiger charge is -2.34. The van der Waals surface area contributed by atoms with Gasteiger partial charge in [0.1, 0.15) is 0 Å². The molecular weight excluding hydrogens is 729 g/mol. The summed E-state index contributed by atoms with van der Waals surface area (Å²) in [5, 5.41) is 2.58. The van der Waals surface area contributed by atoms with Crippen LogP contribution in [0.3, 0.4) is 0 Å². The number of aromatic nitrogens is 4. The van der Waals surface area contributed by atoms with E-state index in [9.17, 15) is 0 Å². The molecule has 0 fully saturated rings. The van der Waals surface area contributed by atoms with Crippen LogP contribution in [0, 0.1) is 5.92 Å². The summed E-state index contributed by atoms with van der Waals surface area (Å²) in [6.07, 6.45) is 1.06. The van der Waals surface area contributed by atoms with Gasteiger partial charge >= 0.3 is 0 Å². The Morgan fingerprint density at radius 1 is 0.433 bits per heavy atom. The zero-order valence-corrected chi connectivity index (χ0v) is 33.6. The van der Waals surface area contributed by atoms with Gasteiger partial charge < -0.3 is 4.57 Å². The summed E-state index contributed by atoms with van der Waals surface area (Å²) in [6.45, 7) is 4.58. The van der Waals surface area contributed by atoms with Crippen LogP contribution in [0.25, 0.3) is 72.8 Å². The van der Waals surface area contributed by atoms with Gasteiger partial charge in [0, 0.05) is 33.2 Å². The molecular formula is C56H42N4. The number of hydrogen-bond acceptors (Lipinski definition) is 3. The van der Waals surface area contributed by atoms with Gasteiger partial charge in [-0.15, -0.1) is 0 Å². The lowest BCUT2D eigenvalue weighted by Crippen LogP contribution is -2.28.